The summed E-state index contributed by atoms with van der Waals surface area (Å²) >= 11 is 0. The molecule has 27 heavy (non-hydrogen) atoms. The molecule has 0 radical (unpaired) electrons. The molecule has 0 aliphatic rings. The number of nitrogens with one attached hydrogen (secondary N) is 1. The van der Waals surface area contributed by atoms with E-state index in [1.54, 1.807) is 37.3 Å². The smallest absolute Gasteiger partial charge is 0.325 e. The maximum atomic E-state index is 13.2. The summed E-state index contributed by atoms with van der Waals surface area (Å²) in [7, 11) is -2.77. The molecule has 0 unspecified atom stereocenters. The van der Waals surface area contributed by atoms with E-state index >= 15 is 0 Å². The largest absolute Gasteiger partial charge is 0.468 e. The van der Waals surface area contributed by atoms with Gasteiger partial charge in [0.1, 0.15) is 13.1 Å². The van der Waals surface area contributed by atoms with Gasteiger partial charge in [-0.1, -0.05) is 35.9 Å². The number of benzene rings is 2. The number of carbonyl (C=O) groups is 2. The summed E-state index contributed by atoms with van der Waals surface area (Å²) in [5.74, 6) is -1.23. The molecule has 0 aliphatic carbocycles. The summed E-state index contributed by atoms with van der Waals surface area (Å²) in [5.41, 5.74) is 2.09. The molecule has 7 nitrogen and oxygen atoms in total. The Balaban J connectivity index is 2.40. The average molecular weight is 390 g/mol. The number of nitrogens with zero attached hydrogens (tertiary/aromatic N) is 1. The van der Waals surface area contributed by atoms with E-state index in [1.807, 2.05) is 13.0 Å². The van der Waals surface area contributed by atoms with Crippen molar-refractivity contribution in [2.24, 2.45) is 0 Å². The van der Waals surface area contributed by atoms with E-state index in [-0.39, 0.29) is 11.4 Å². The Kier molecular flexibility index (Phi) is 6.57. The van der Waals surface area contributed by atoms with Crippen LogP contribution in [0.2, 0.25) is 0 Å². The van der Waals surface area contributed by atoms with Crippen LogP contribution in [0, 0.1) is 13.8 Å². The predicted octanol–water partition coefficient (Wildman–Crippen LogP) is 1.79. The highest BCUT2D eigenvalue weighted by molar-refractivity contribution is 7.92. The van der Waals surface area contributed by atoms with E-state index in [1.165, 1.54) is 19.2 Å². The number of aryl methyl sites for hydroxylation is 2. The third-order valence-electron chi connectivity index (χ3n) is 3.90. The number of methoxy groups -OCH3 is 1. The minimum Gasteiger partial charge on any atom is -0.468 e. The normalized spacial score (nSPS) is 10.9. The Morgan fingerprint density at radius 2 is 1.74 bits per heavy atom. The number of ether oxygens (including phenoxy) is 1. The SMILES string of the molecule is COC(=O)CNC(=O)CN(c1ccc(C)cc1C)S(=O)(=O)c1ccccc1. The Bertz CT molecular complexity index is 926. The molecule has 0 spiro atoms. The number of amides is 1. The Hall–Kier alpha value is -2.87. The van der Waals surface area contributed by atoms with Gasteiger partial charge in [-0.05, 0) is 37.6 Å². The molecule has 1 N–H and O–H groups in total. The van der Waals surface area contributed by atoms with Gasteiger partial charge in [-0.15, -0.1) is 0 Å². The third kappa shape index (κ3) is 5.07. The lowest BCUT2D eigenvalue weighted by molar-refractivity contribution is -0.141. The zero-order valence-corrected chi connectivity index (χ0v) is 16.2. The lowest BCUT2D eigenvalue weighted by atomic mass is 10.1. The summed E-state index contributed by atoms with van der Waals surface area (Å²) in [6.45, 7) is 2.89. The van der Waals surface area contributed by atoms with Crippen molar-refractivity contribution in [3.63, 3.8) is 0 Å². The minimum absolute atomic E-state index is 0.0748. The zero-order valence-electron chi connectivity index (χ0n) is 15.4. The van der Waals surface area contributed by atoms with Crippen molar-refractivity contribution in [3.05, 3.63) is 59.7 Å². The van der Waals surface area contributed by atoms with Crippen LogP contribution in [0.4, 0.5) is 5.69 Å². The van der Waals surface area contributed by atoms with Gasteiger partial charge in [-0.3, -0.25) is 13.9 Å². The quantitative estimate of drug-likeness (QED) is 0.728. The fourth-order valence-electron chi connectivity index (χ4n) is 2.53. The van der Waals surface area contributed by atoms with Crippen LogP contribution in [0.15, 0.2) is 53.4 Å². The van der Waals surface area contributed by atoms with Crippen LogP contribution in [0.1, 0.15) is 11.1 Å². The van der Waals surface area contributed by atoms with Gasteiger partial charge in [0.15, 0.2) is 0 Å². The first-order valence-electron chi connectivity index (χ1n) is 8.24. The lowest BCUT2D eigenvalue weighted by Crippen LogP contribution is -2.42. The molecule has 2 rings (SSSR count). The molecule has 0 aromatic heterocycles. The molecule has 0 fully saturated rings. The van der Waals surface area contributed by atoms with E-state index < -0.39 is 28.4 Å². The highest BCUT2D eigenvalue weighted by Crippen LogP contribution is 2.27. The Morgan fingerprint density at radius 3 is 2.33 bits per heavy atom. The standard InChI is InChI=1S/C19H22N2O5S/c1-14-9-10-17(15(2)11-14)21(13-18(22)20-12-19(23)26-3)27(24,25)16-7-5-4-6-8-16/h4-11H,12-13H2,1-3H3,(H,20,22). The van der Waals surface area contributed by atoms with E-state index in [0.29, 0.717) is 5.69 Å². The molecule has 0 bridgehead atoms. The third-order valence-corrected chi connectivity index (χ3v) is 5.67. The Labute approximate surface area is 159 Å². The second kappa shape index (κ2) is 8.68. The summed E-state index contributed by atoms with van der Waals surface area (Å²) in [5, 5.41) is 2.37. The number of esters is 1. The first-order valence-corrected chi connectivity index (χ1v) is 9.68. The first-order chi connectivity index (χ1) is 12.8. The van der Waals surface area contributed by atoms with Crippen molar-refractivity contribution in [2.45, 2.75) is 18.7 Å². The van der Waals surface area contributed by atoms with Crippen molar-refractivity contribution in [3.8, 4) is 0 Å². The van der Waals surface area contributed by atoms with Crippen LogP contribution >= 0.6 is 0 Å². The van der Waals surface area contributed by atoms with E-state index in [4.69, 9.17) is 0 Å². The molecular formula is C19H22N2O5S. The van der Waals surface area contributed by atoms with Gasteiger partial charge >= 0.3 is 5.97 Å². The van der Waals surface area contributed by atoms with Crippen LogP contribution in [-0.4, -0.2) is 40.5 Å². The average Bonchev–Trinajstić information content (AvgIpc) is 2.65. The molecule has 0 aliphatic heterocycles. The molecule has 0 heterocycles. The van der Waals surface area contributed by atoms with Crippen molar-refractivity contribution < 1.29 is 22.7 Å². The zero-order chi connectivity index (χ0) is 20.0. The molecule has 0 saturated heterocycles. The maximum Gasteiger partial charge on any atom is 0.325 e. The summed E-state index contributed by atoms with van der Waals surface area (Å²) < 4.78 is 31.8. The van der Waals surface area contributed by atoms with Gasteiger partial charge in [-0.25, -0.2) is 8.42 Å². The van der Waals surface area contributed by atoms with Crippen LogP contribution < -0.4 is 9.62 Å². The van der Waals surface area contributed by atoms with Crippen molar-refractivity contribution >= 4 is 27.6 Å². The van der Waals surface area contributed by atoms with E-state index in [0.717, 1.165) is 15.4 Å². The molecule has 0 atom stereocenters. The molecule has 144 valence electrons. The van der Waals surface area contributed by atoms with Crippen molar-refractivity contribution in [1.82, 2.24) is 5.32 Å². The number of hydrogen-bond donors (Lipinski definition) is 1. The fraction of sp³-hybridized carbons (Fsp3) is 0.263. The predicted molar refractivity (Wildman–Crippen MR) is 102 cm³/mol. The number of sulfonamides is 1. The molecule has 2 aromatic carbocycles. The van der Waals surface area contributed by atoms with Gasteiger partial charge in [-0.2, -0.15) is 0 Å². The van der Waals surface area contributed by atoms with Crippen LogP contribution in [0.25, 0.3) is 0 Å². The summed E-state index contributed by atoms with van der Waals surface area (Å²) in [4.78, 5) is 23.6. The summed E-state index contributed by atoms with van der Waals surface area (Å²) in [6, 6.07) is 13.2. The fourth-order valence-corrected chi connectivity index (χ4v) is 4.04. The van der Waals surface area contributed by atoms with Gasteiger partial charge in [0.2, 0.25) is 5.91 Å². The van der Waals surface area contributed by atoms with Crippen LogP contribution in [0.5, 0.6) is 0 Å². The first kappa shape index (κ1) is 20.4. The van der Waals surface area contributed by atoms with Gasteiger partial charge < -0.3 is 10.1 Å². The number of hydrogen-bond acceptors (Lipinski definition) is 5. The number of rotatable bonds is 7. The molecule has 0 saturated carbocycles. The minimum atomic E-state index is -3.97. The van der Waals surface area contributed by atoms with Crippen LogP contribution in [0.3, 0.4) is 0 Å². The topological polar surface area (TPSA) is 92.8 Å². The highest BCUT2D eigenvalue weighted by Gasteiger charge is 2.28. The van der Waals surface area contributed by atoms with Crippen molar-refractivity contribution in [2.75, 3.05) is 24.5 Å². The maximum absolute atomic E-state index is 13.2. The van der Waals surface area contributed by atoms with Gasteiger partial charge in [0, 0.05) is 0 Å². The molecule has 1 amide bonds. The summed E-state index contributed by atoms with van der Waals surface area (Å²) in [6.07, 6.45) is 0. The van der Waals surface area contributed by atoms with E-state index in [2.05, 4.69) is 10.1 Å². The van der Waals surface area contributed by atoms with Gasteiger partial charge in [0.25, 0.3) is 10.0 Å². The number of anilines is 1. The van der Waals surface area contributed by atoms with Crippen LogP contribution in [-0.2, 0) is 24.3 Å². The molecule has 8 heteroatoms. The van der Waals surface area contributed by atoms with Crippen molar-refractivity contribution in [1.29, 1.82) is 0 Å². The lowest BCUT2D eigenvalue weighted by Gasteiger charge is -2.25. The highest BCUT2D eigenvalue weighted by atomic mass is 32.2. The monoisotopic (exact) mass is 390 g/mol. The van der Waals surface area contributed by atoms with E-state index in [9.17, 15) is 18.0 Å². The molecular weight excluding hydrogens is 368 g/mol. The molecule has 2 aromatic rings. The second-order valence-corrected chi connectivity index (χ2v) is 7.83. The Morgan fingerprint density at radius 1 is 1.07 bits per heavy atom. The second-order valence-electron chi connectivity index (χ2n) is 5.97. The number of carbonyl (C=O) groups excluding carboxylic acids is 2. The van der Waals surface area contributed by atoms with Gasteiger partial charge in [0.05, 0.1) is 17.7 Å².